The van der Waals surface area contributed by atoms with Crippen LogP contribution in [0.15, 0.2) is 61.6 Å². The summed E-state index contributed by atoms with van der Waals surface area (Å²) in [5, 5.41) is 18.1. The van der Waals surface area contributed by atoms with E-state index in [0.29, 0.717) is 64.8 Å². The van der Waals surface area contributed by atoms with Gasteiger partial charge in [0.2, 0.25) is 17.6 Å². The lowest BCUT2D eigenvalue weighted by Crippen LogP contribution is -2.29. The minimum Gasteiger partial charge on any atom is -0.367 e. The van der Waals surface area contributed by atoms with E-state index in [-0.39, 0.29) is 18.2 Å². The molecule has 170 valence electrons. The Labute approximate surface area is 198 Å². The van der Waals surface area contributed by atoms with Gasteiger partial charge in [0.1, 0.15) is 11.6 Å². The molecule has 0 aliphatic carbocycles. The van der Waals surface area contributed by atoms with E-state index in [9.17, 15) is 9.59 Å². The van der Waals surface area contributed by atoms with Crippen molar-refractivity contribution in [3.05, 3.63) is 57.8 Å². The number of hydrogen-bond acceptors (Lipinski definition) is 8. The number of nitrogens with one attached hydrogen (secondary N) is 2. The molecular formula is C21H19Cl2N7O3. The Morgan fingerprint density at radius 2 is 2.06 bits per heavy atom. The van der Waals surface area contributed by atoms with Gasteiger partial charge in [0.05, 0.1) is 10.0 Å². The zero-order valence-electron chi connectivity index (χ0n) is 17.3. The Morgan fingerprint density at radius 3 is 2.94 bits per heavy atom. The van der Waals surface area contributed by atoms with E-state index < -0.39 is 5.92 Å². The molecular weight excluding hydrogens is 469 g/mol. The van der Waals surface area contributed by atoms with Crippen LogP contribution in [0.3, 0.4) is 0 Å². The lowest BCUT2D eigenvalue weighted by atomic mass is 10.0. The number of benzene rings is 1. The fourth-order valence-corrected chi connectivity index (χ4v) is 3.56. The van der Waals surface area contributed by atoms with Gasteiger partial charge in [0.25, 0.3) is 5.91 Å². The monoisotopic (exact) mass is 487 g/mol. The van der Waals surface area contributed by atoms with E-state index in [1.54, 1.807) is 36.6 Å². The topological polar surface area (TPSA) is 134 Å². The van der Waals surface area contributed by atoms with Gasteiger partial charge in [0, 0.05) is 37.7 Å². The summed E-state index contributed by atoms with van der Waals surface area (Å²) in [7, 11) is 0. The number of dihydropyridines is 1. The van der Waals surface area contributed by atoms with Gasteiger partial charge in [-0.05, 0) is 24.6 Å². The van der Waals surface area contributed by atoms with Crippen LogP contribution >= 0.6 is 23.2 Å². The van der Waals surface area contributed by atoms with E-state index >= 15 is 0 Å². The molecule has 33 heavy (non-hydrogen) atoms. The molecule has 0 bridgehead atoms. The third-order valence-corrected chi connectivity index (χ3v) is 5.67. The molecule has 0 radical (unpaired) electrons. The van der Waals surface area contributed by atoms with Gasteiger partial charge < -0.3 is 15.2 Å². The van der Waals surface area contributed by atoms with Crippen LogP contribution in [-0.4, -0.2) is 41.3 Å². The fraction of sp³-hybridized carbons (Fsp3) is 0.286. The summed E-state index contributed by atoms with van der Waals surface area (Å²) in [6.45, 7) is 0.996. The molecule has 1 aromatic carbocycles. The summed E-state index contributed by atoms with van der Waals surface area (Å²) in [5.74, 6) is 0.164. The molecule has 2 aromatic rings. The van der Waals surface area contributed by atoms with E-state index in [4.69, 9.17) is 27.7 Å². The molecule has 12 heteroatoms. The van der Waals surface area contributed by atoms with Gasteiger partial charge in [-0.25, -0.2) is 0 Å². The average molecular weight is 488 g/mol. The van der Waals surface area contributed by atoms with Crippen LogP contribution in [0.2, 0.25) is 10.0 Å². The molecule has 1 unspecified atom stereocenters. The third-order valence-electron chi connectivity index (χ3n) is 4.85. The second-order valence-corrected chi connectivity index (χ2v) is 7.94. The fourth-order valence-electron chi connectivity index (χ4n) is 3.18. The number of fused-ring (bicyclic) bond motifs is 1. The van der Waals surface area contributed by atoms with Crippen LogP contribution in [0.4, 0.5) is 0 Å². The van der Waals surface area contributed by atoms with E-state index in [0.717, 1.165) is 0 Å². The number of hydrogen-bond donors (Lipinski definition) is 2. The third kappa shape index (κ3) is 5.52. The van der Waals surface area contributed by atoms with Crippen LogP contribution in [-0.2, 0) is 16.0 Å². The van der Waals surface area contributed by atoms with Gasteiger partial charge >= 0.3 is 0 Å². The first-order valence-electron chi connectivity index (χ1n) is 10.2. The number of rotatable bonds is 9. The Kier molecular flexibility index (Phi) is 7.26. The van der Waals surface area contributed by atoms with Crippen molar-refractivity contribution in [2.75, 3.05) is 13.1 Å². The maximum atomic E-state index is 12.1. The van der Waals surface area contributed by atoms with Crippen LogP contribution in [0.5, 0.6) is 0 Å². The molecule has 4 rings (SSSR count). The first-order chi connectivity index (χ1) is 16.0. The number of nitrogens with zero attached hydrogens (tertiary/aromatic N) is 5. The summed E-state index contributed by atoms with van der Waals surface area (Å²) in [6, 6.07) is 5.15. The van der Waals surface area contributed by atoms with Crippen LogP contribution in [0, 0.1) is 5.92 Å². The molecule has 0 saturated heterocycles. The summed E-state index contributed by atoms with van der Waals surface area (Å²) in [5.41, 5.74) is 1.12. The molecule has 0 spiro atoms. The van der Waals surface area contributed by atoms with E-state index in [1.165, 1.54) is 0 Å². The molecule has 2 amide bonds. The first kappa shape index (κ1) is 22.8. The Bertz CT molecular complexity index is 1190. The average Bonchev–Trinajstić information content (AvgIpc) is 3.29. The highest BCUT2D eigenvalue weighted by Gasteiger charge is 2.28. The zero-order valence-corrected chi connectivity index (χ0v) is 18.8. The maximum Gasteiger partial charge on any atom is 0.277 e. The highest BCUT2D eigenvalue weighted by molar-refractivity contribution is 6.43. The van der Waals surface area contributed by atoms with Gasteiger partial charge in [-0.15, -0.1) is 10.2 Å². The van der Waals surface area contributed by atoms with Crippen molar-refractivity contribution in [1.29, 1.82) is 0 Å². The first-order valence-corrected chi connectivity index (χ1v) is 11.0. The lowest BCUT2D eigenvalue weighted by molar-refractivity contribution is -0.121. The number of amides is 2. The van der Waals surface area contributed by atoms with Gasteiger partial charge in [-0.3, -0.25) is 14.6 Å². The summed E-state index contributed by atoms with van der Waals surface area (Å²) in [6.07, 6.45) is 6.20. The molecule has 2 aliphatic rings. The van der Waals surface area contributed by atoms with Crippen molar-refractivity contribution >= 4 is 41.2 Å². The van der Waals surface area contributed by atoms with Crippen molar-refractivity contribution in [3.8, 4) is 11.4 Å². The van der Waals surface area contributed by atoms with Crippen molar-refractivity contribution in [3.63, 3.8) is 0 Å². The SMILES string of the molecule is O=C(CCc1nc(-c2cccc(Cl)c2Cl)no1)NCCCNC1=C2N=CC=CC2C(=O)N=N1. The summed E-state index contributed by atoms with van der Waals surface area (Å²) >= 11 is 12.2. The highest BCUT2D eigenvalue weighted by Crippen LogP contribution is 2.31. The molecule has 0 saturated carbocycles. The van der Waals surface area contributed by atoms with Crippen molar-refractivity contribution < 1.29 is 14.1 Å². The number of aromatic nitrogens is 2. The number of carbonyl (C=O) groups excluding carboxylic acids is 2. The van der Waals surface area contributed by atoms with Crippen molar-refractivity contribution in [2.45, 2.75) is 19.3 Å². The normalized spacial score (nSPS) is 16.8. The summed E-state index contributed by atoms with van der Waals surface area (Å²) < 4.78 is 5.21. The largest absolute Gasteiger partial charge is 0.367 e. The van der Waals surface area contributed by atoms with Gasteiger partial charge in [-0.2, -0.15) is 4.98 Å². The summed E-state index contributed by atoms with van der Waals surface area (Å²) in [4.78, 5) is 32.4. The molecule has 2 N–H and O–H groups in total. The van der Waals surface area contributed by atoms with Crippen LogP contribution < -0.4 is 10.6 Å². The second-order valence-electron chi connectivity index (χ2n) is 7.16. The van der Waals surface area contributed by atoms with Gasteiger partial charge in [0.15, 0.2) is 5.82 Å². The van der Waals surface area contributed by atoms with Crippen molar-refractivity contribution in [1.82, 2.24) is 20.8 Å². The zero-order chi connectivity index (χ0) is 23.2. The number of halogens is 2. The van der Waals surface area contributed by atoms with Gasteiger partial charge in [-0.1, -0.05) is 40.5 Å². The highest BCUT2D eigenvalue weighted by atomic mass is 35.5. The van der Waals surface area contributed by atoms with E-state index in [1.807, 2.05) is 0 Å². The number of aryl methyl sites for hydroxylation is 1. The van der Waals surface area contributed by atoms with E-state index in [2.05, 4.69) is 36.0 Å². The number of carbonyl (C=O) groups is 2. The standard InChI is InChI=1S/C21H19Cl2N7O3/c22-14-6-1-4-12(17(14)23)19-27-16(33-30-19)8-7-15(31)24-10-3-11-26-20-18-13(5-2-9-25-18)21(32)29-28-20/h1-2,4-6,9,13,26H,3,7-8,10-11H2,(H,24,31). The quantitative estimate of drug-likeness (QED) is 0.519. The Hall–Kier alpha value is -3.37. The van der Waals surface area contributed by atoms with Crippen molar-refractivity contribution in [2.24, 2.45) is 21.1 Å². The second kappa shape index (κ2) is 10.5. The number of aliphatic imine (C=N–C) groups is 1. The maximum absolute atomic E-state index is 12.1. The molecule has 0 fully saturated rings. The van der Waals surface area contributed by atoms with Crippen LogP contribution in [0.25, 0.3) is 11.4 Å². The van der Waals surface area contributed by atoms with Crippen LogP contribution in [0.1, 0.15) is 18.7 Å². The molecule has 3 heterocycles. The lowest BCUT2D eigenvalue weighted by Gasteiger charge is -2.19. The minimum atomic E-state index is -0.491. The smallest absolute Gasteiger partial charge is 0.277 e. The predicted molar refractivity (Wildman–Crippen MR) is 122 cm³/mol. The molecule has 2 aliphatic heterocycles. The minimum absolute atomic E-state index is 0.136. The number of azo groups is 1. The predicted octanol–water partition coefficient (Wildman–Crippen LogP) is 3.49. The number of allylic oxidation sites excluding steroid dienone is 1. The Morgan fingerprint density at radius 1 is 1.18 bits per heavy atom. The molecule has 10 nitrogen and oxygen atoms in total. The Balaban J connectivity index is 1.18. The molecule has 1 atom stereocenters. The molecule has 1 aromatic heterocycles.